The van der Waals surface area contributed by atoms with Crippen molar-refractivity contribution >= 4 is 11.8 Å². The molecule has 0 unspecified atom stereocenters. The molecule has 88 valence electrons. The van der Waals surface area contributed by atoms with Crippen LogP contribution in [0.4, 0.5) is 10.6 Å². The predicted molar refractivity (Wildman–Crippen MR) is 64.0 cm³/mol. The normalized spacial score (nSPS) is 10.8. The van der Waals surface area contributed by atoms with Crippen LogP contribution in [0.3, 0.4) is 0 Å². The summed E-state index contributed by atoms with van der Waals surface area (Å²) in [6, 6.07) is 5.34. The molecule has 0 aliphatic rings. The zero-order valence-electron chi connectivity index (χ0n) is 9.90. The highest BCUT2D eigenvalue weighted by molar-refractivity contribution is 5.86. The molecule has 0 saturated carbocycles. The number of nitrogens with one attached hydrogen (secondary N) is 1. The summed E-state index contributed by atoms with van der Waals surface area (Å²) < 4.78 is 0. The number of aromatic nitrogens is 1. The van der Waals surface area contributed by atoms with Gasteiger partial charge >= 0.3 is 6.03 Å². The Morgan fingerprint density at radius 3 is 2.81 bits per heavy atom. The van der Waals surface area contributed by atoms with E-state index in [1.165, 1.54) is 0 Å². The van der Waals surface area contributed by atoms with Crippen LogP contribution in [0.25, 0.3) is 0 Å². The number of hydrogen-bond donors (Lipinski definition) is 2. The van der Waals surface area contributed by atoms with Crippen molar-refractivity contribution in [3.05, 3.63) is 23.9 Å². The molecule has 0 atom stereocenters. The molecule has 1 aromatic heterocycles. The molecule has 2 amide bonds. The van der Waals surface area contributed by atoms with E-state index in [0.29, 0.717) is 11.9 Å². The number of pyridine rings is 1. The topological polar surface area (TPSA) is 71.2 Å². The number of amides is 2. The molecule has 0 fully saturated rings. The maximum atomic E-state index is 10.7. The van der Waals surface area contributed by atoms with Gasteiger partial charge in [0.1, 0.15) is 5.82 Å². The Balaban J connectivity index is 2.70. The SMILES string of the molecule is CC(C)N(C)Cc1cccc(NC(N)=O)n1. The van der Waals surface area contributed by atoms with Gasteiger partial charge in [-0.25, -0.2) is 9.78 Å². The van der Waals surface area contributed by atoms with Gasteiger partial charge in [-0.2, -0.15) is 0 Å². The summed E-state index contributed by atoms with van der Waals surface area (Å²) in [5.74, 6) is 0.488. The number of urea groups is 1. The zero-order chi connectivity index (χ0) is 12.1. The molecule has 0 radical (unpaired) electrons. The van der Waals surface area contributed by atoms with Gasteiger partial charge in [-0.1, -0.05) is 6.07 Å². The van der Waals surface area contributed by atoms with E-state index in [1.807, 2.05) is 19.2 Å². The van der Waals surface area contributed by atoms with Gasteiger partial charge in [0.25, 0.3) is 0 Å². The number of nitrogens with two attached hydrogens (primary N) is 1. The van der Waals surface area contributed by atoms with Gasteiger partial charge in [0.05, 0.1) is 5.69 Å². The molecular formula is C11H18N4O. The highest BCUT2D eigenvalue weighted by atomic mass is 16.2. The van der Waals surface area contributed by atoms with E-state index in [2.05, 4.69) is 29.0 Å². The highest BCUT2D eigenvalue weighted by Crippen LogP contribution is 2.07. The minimum atomic E-state index is -0.595. The largest absolute Gasteiger partial charge is 0.351 e. The fourth-order valence-electron chi connectivity index (χ4n) is 1.20. The zero-order valence-corrected chi connectivity index (χ0v) is 9.90. The predicted octanol–water partition coefficient (Wildman–Crippen LogP) is 1.41. The summed E-state index contributed by atoms with van der Waals surface area (Å²) in [4.78, 5) is 17.1. The second-order valence-corrected chi connectivity index (χ2v) is 4.01. The first-order valence-corrected chi connectivity index (χ1v) is 5.21. The van der Waals surface area contributed by atoms with Crippen molar-refractivity contribution in [3.63, 3.8) is 0 Å². The molecule has 3 N–H and O–H groups in total. The molecule has 1 rings (SSSR count). The quantitative estimate of drug-likeness (QED) is 0.809. The van der Waals surface area contributed by atoms with E-state index in [0.717, 1.165) is 12.2 Å². The van der Waals surface area contributed by atoms with E-state index in [1.54, 1.807) is 6.07 Å². The van der Waals surface area contributed by atoms with Gasteiger partial charge in [0.15, 0.2) is 0 Å². The lowest BCUT2D eigenvalue weighted by Crippen LogP contribution is -2.26. The Hall–Kier alpha value is -1.62. The third-order valence-corrected chi connectivity index (χ3v) is 2.35. The molecule has 0 aromatic carbocycles. The third-order valence-electron chi connectivity index (χ3n) is 2.35. The molecule has 16 heavy (non-hydrogen) atoms. The van der Waals surface area contributed by atoms with Crippen LogP contribution >= 0.6 is 0 Å². The van der Waals surface area contributed by atoms with E-state index in [-0.39, 0.29) is 0 Å². The Labute approximate surface area is 95.7 Å². The lowest BCUT2D eigenvalue weighted by atomic mass is 10.3. The molecule has 0 spiro atoms. The Morgan fingerprint density at radius 2 is 2.25 bits per heavy atom. The Kier molecular flexibility index (Phi) is 4.25. The van der Waals surface area contributed by atoms with Gasteiger partial charge in [0, 0.05) is 12.6 Å². The van der Waals surface area contributed by atoms with E-state index in [4.69, 9.17) is 5.73 Å². The first-order valence-electron chi connectivity index (χ1n) is 5.21. The number of carbonyl (C=O) groups is 1. The number of primary amides is 1. The minimum Gasteiger partial charge on any atom is -0.351 e. The average molecular weight is 222 g/mol. The lowest BCUT2D eigenvalue weighted by molar-refractivity contribution is 0.259. The fourth-order valence-corrected chi connectivity index (χ4v) is 1.20. The number of carbonyl (C=O) groups excluding carboxylic acids is 1. The molecule has 0 bridgehead atoms. The molecule has 0 saturated heterocycles. The Morgan fingerprint density at radius 1 is 1.56 bits per heavy atom. The molecule has 1 aromatic rings. The van der Waals surface area contributed by atoms with E-state index in [9.17, 15) is 4.79 Å². The van der Waals surface area contributed by atoms with Crippen LogP contribution in [0, 0.1) is 0 Å². The van der Waals surface area contributed by atoms with Gasteiger partial charge in [0.2, 0.25) is 0 Å². The van der Waals surface area contributed by atoms with Crippen LogP contribution in [0.2, 0.25) is 0 Å². The summed E-state index contributed by atoms with van der Waals surface area (Å²) in [5, 5.41) is 2.46. The van der Waals surface area contributed by atoms with Crippen LogP contribution in [0.1, 0.15) is 19.5 Å². The summed E-state index contributed by atoms with van der Waals surface area (Å²) in [7, 11) is 2.03. The van der Waals surface area contributed by atoms with Crippen molar-refractivity contribution in [3.8, 4) is 0 Å². The molecule has 1 heterocycles. The number of hydrogen-bond acceptors (Lipinski definition) is 3. The van der Waals surface area contributed by atoms with Crippen molar-refractivity contribution in [2.24, 2.45) is 5.73 Å². The second-order valence-electron chi connectivity index (χ2n) is 4.01. The van der Waals surface area contributed by atoms with Gasteiger partial charge in [-0.3, -0.25) is 10.2 Å². The van der Waals surface area contributed by atoms with Gasteiger partial charge in [-0.15, -0.1) is 0 Å². The van der Waals surface area contributed by atoms with Crippen molar-refractivity contribution in [2.75, 3.05) is 12.4 Å². The first kappa shape index (κ1) is 12.4. The first-order chi connectivity index (χ1) is 7.49. The summed E-state index contributed by atoms with van der Waals surface area (Å²) in [6.45, 7) is 4.98. The van der Waals surface area contributed by atoms with Crippen LogP contribution in [0.5, 0.6) is 0 Å². The lowest BCUT2D eigenvalue weighted by Gasteiger charge is -2.20. The smallest absolute Gasteiger partial charge is 0.317 e. The number of rotatable bonds is 4. The minimum absolute atomic E-state index is 0.453. The summed E-state index contributed by atoms with van der Waals surface area (Å²) in [5.41, 5.74) is 5.93. The molecule has 5 nitrogen and oxygen atoms in total. The highest BCUT2D eigenvalue weighted by Gasteiger charge is 2.06. The number of nitrogens with zero attached hydrogens (tertiary/aromatic N) is 2. The molecule has 0 aliphatic carbocycles. The van der Waals surface area contributed by atoms with Crippen molar-refractivity contribution in [1.82, 2.24) is 9.88 Å². The maximum absolute atomic E-state index is 10.7. The fraction of sp³-hybridized carbons (Fsp3) is 0.455. The summed E-state index contributed by atoms with van der Waals surface area (Å²) in [6.07, 6.45) is 0. The average Bonchev–Trinajstić information content (AvgIpc) is 2.16. The second kappa shape index (κ2) is 5.46. The molecule has 0 aliphatic heterocycles. The third kappa shape index (κ3) is 3.86. The van der Waals surface area contributed by atoms with Crippen molar-refractivity contribution in [2.45, 2.75) is 26.4 Å². The maximum Gasteiger partial charge on any atom is 0.317 e. The van der Waals surface area contributed by atoms with Crippen LogP contribution < -0.4 is 11.1 Å². The number of anilines is 1. The Bertz CT molecular complexity index is 365. The van der Waals surface area contributed by atoms with E-state index < -0.39 is 6.03 Å². The van der Waals surface area contributed by atoms with Crippen LogP contribution in [-0.2, 0) is 6.54 Å². The molecule has 5 heteroatoms. The van der Waals surface area contributed by atoms with Gasteiger partial charge < -0.3 is 5.73 Å². The van der Waals surface area contributed by atoms with E-state index >= 15 is 0 Å². The molecular weight excluding hydrogens is 204 g/mol. The van der Waals surface area contributed by atoms with Crippen molar-refractivity contribution in [1.29, 1.82) is 0 Å². The van der Waals surface area contributed by atoms with Crippen LogP contribution in [-0.4, -0.2) is 29.0 Å². The standard InChI is InChI=1S/C11H18N4O/c1-8(2)15(3)7-9-5-4-6-10(13-9)14-11(12)16/h4-6,8H,7H2,1-3H3,(H3,12,13,14,16). The van der Waals surface area contributed by atoms with Gasteiger partial charge in [-0.05, 0) is 33.0 Å². The monoisotopic (exact) mass is 222 g/mol. The summed E-state index contributed by atoms with van der Waals surface area (Å²) >= 11 is 0. The van der Waals surface area contributed by atoms with Crippen molar-refractivity contribution < 1.29 is 4.79 Å². The van der Waals surface area contributed by atoms with Crippen LogP contribution in [0.15, 0.2) is 18.2 Å².